The van der Waals surface area contributed by atoms with Gasteiger partial charge in [-0.1, -0.05) is 203 Å². The summed E-state index contributed by atoms with van der Waals surface area (Å²) in [4.78, 5) is 4.31. The van der Waals surface area contributed by atoms with Crippen molar-refractivity contribution in [2.45, 2.75) is 213 Å². The maximum Gasteiger partial charge on any atom is 0.123 e. The lowest BCUT2D eigenvalue weighted by molar-refractivity contribution is 0.0431. The topological polar surface area (TPSA) is 139 Å². The maximum atomic E-state index is 10.2. The van der Waals surface area contributed by atoms with Crippen LogP contribution in [0.5, 0.6) is 0 Å². The Morgan fingerprint density at radius 2 is 0.953 bits per heavy atom. The van der Waals surface area contributed by atoms with Crippen LogP contribution in [0.15, 0.2) is 175 Å². The van der Waals surface area contributed by atoms with Gasteiger partial charge in [-0.3, -0.25) is 0 Å². The molecule has 1 heterocycles. The molecule has 85 heavy (non-hydrogen) atoms. The molecule has 14 atom stereocenters. The van der Waals surface area contributed by atoms with Crippen molar-refractivity contribution in [1.29, 1.82) is 0 Å². The predicted molar refractivity (Wildman–Crippen MR) is 350 cm³/mol. The lowest BCUT2D eigenvalue weighted by atomic mass is 9.61. The summed E-state index contributed by atoms with van der Waals surface area (Å²) in [6.45, 7) is 21.5. The van der Waals surface area contributed by atoms with Crippen molar-refractivity contribution in [1.82, 2.24) is 9.55 Å². The van der Waals surface area contributed by atoms with E-state index in [0.29, 0.717) is 84.9 Å². The minimum atomic E-state index is -0.674. The third kappa shape index (κ3) is 15.8. The van der Waals surface area contributed by atoms with Crippen LogP contribution in [-0.2, 0) is 5.54 Å². The zero-order chi connectivity index (χ0) is 61.3. The molecule has 6 fully saturated rings. The molecule has 0 saturated heterocycles. The maximum absolute atomic E-state index is 10.2. The highest BCUT2D eigenvalue weighted by atomic mass is 35.5. The van der Waals surface area contributed by atoms with Crippen molar-refractivity contribution in [2.24, 2.45) is 58.2 Å². The van der Waals surface area contributed by atoms with Crippen LogP contribution in [0.4, 0.5) is 0 Å². The summed E-state index contributed by atoms with van der Waals surface area (Å²) in [6.07, 6.45) is 38.6. The Bertz CT molecular complexity index is 2770. The molecule has 6 saturated carbocycles. The number of rotatable bonds is 14. The standard InChI is InChI=1S/2C27H44O3.C22H17ClN2/c2*1-18(8-9-19(2)26(3,4)30)24-12-13-25-21(7-6-14-27(24,25)5)11-10-20-15-22(28)17-23(29)16-20;23-21-14-8-7-13-20(21)22(25-16-15-24-17-25,18-9-3-1-4-10-18)19-11-5-2-6-12-19/h2*8-11,18-19,22-25,28-30H,6-7,12-17H2,1-5H3;1-17H/b2*9-8+,21-11+;/t2*18-,19+,22-,23-,24-,25+,27-;/m11./s1. The summed E-state index contributed by atoms with van der Waals surface area (Å²) in [5, 5.41) is 61.1. The molecule has 6 N–H and O–H groups in total. The van der Waals surface area contributed by atoms with Gasteiger partial charge in [0.25, 0.3) is 0 Å². The van der Waals surface area contributed by atoms with Crippen molar-refractivity contribution >= 4 is 11.6 Å². The summed E-state index contributed by atoms with van der Waals surface area (Å²) in [7, 11) is 0. The molecular weight excluding hydrogens is 1070 g/mol. The van der Waals surface area contributed by atoms with Crippen LogP contribution >= 0.6 is 11.6 Å². The number of aliphatic hydroxyl groups excluding tert-OH is 4. The average molecular weight is 1180 g/mol. The summed E-state index contributed by atoms with van der Waals surface area (Å²) >= 11 is 6.69. The van der Waals surface area contributed by atoms with Crippen LogP contribution in [-0.4, -0.2) is 75.8 Å². The van der Waals surface area contributed by atoms with E-state index in [1.807, 2.05) is 70.6 Å². The number of aromatic nitrogens is 2. The first-order chi connectivity index (χ1) is 40.3. The van der Waals surface area contributed by atoms with E-state index in [9.17, 15) is 30.6 Å². The summed E-state index contributed by atoms with van der Waals surface area (Å²) in [5.74, 6) is 4.00. The Hall–Kier alpha value is -4.64. The molecule has 6 aliphatic rings. The third-order valence-corrected chi connectivity index (χ3v) is 22.0. The third-order valence-electron chi connectivity index (χ3n) is 21.7. The second-order valence-electron chi connectivity index (χ2n) is 28.5. The molecule has 0 aliphatic heterocycles. The van der Waals surface area contributed by atoms with E-state index in [4.69, 9.17) is 11.6 Å². The highest BCUT2D eigenvalue weighted by Gasteiger charge is 2.52. The fourth-order valence-corrected chi connectivity index (χ4v) is 16.5. The van der Waals surface area contributed by atoms with Crippen molar-refractivity contribution < 1.29 is 30.6 Å². The summed E-state index contributed by atoms with van der Waals surface area (Å²) in [5.41, 5.74) is 7.57. The highest BCUT2D eigenvalue weighted by molar-refractivity contribution is 6.31. The van der Waals surface area contributed by atoms with Gasteiger partial charge in [0.15, 0.2) is 0 Å². The van der Waals surface area contributed by atoms with Crippen molar-refractivity contribution in [3.05, 3.63) is 196 Å². The van der Waals surface area contributed by atoms with Gasteiger partial charge in [-0.05, 0) is 194 Å². The second kappa shape index (κ2) is 28.7. The average Bonchev–Trinajstić information content (AvgIpc) is 2.19. The molecule has 0 bridgehead atoms. The monoisotopic (exact) mass is 1180 g/mol. The quantitative estimate of drug-likeness (QED) is 0.0546. The lowest BCUT2D eigenvalue weighted by Gasteiger charge is -2.44. The van der Waals surface area contributed by atoms with Gasteiger partial charge in [-0.15, -0.1) is 0 Å². The van der Waals surface area contributed by atoms with Gasteiger partial charge in [0.2, 0.25) is 0 Å². The Morgan fingerprint density at radius 3 is 1.33 bits per heavy atom. The Labute approximate surface area is 516 Å². The Kier molecular flexibility index (Phi) is 22.4. The van der Waals surface area contributed by atoms with Crippen molar-refractivity contribution in [3.63, 3.8) is 0 Å². The van der Waals surface area contributed by atoms with E-state index in [1.54, 1.807) is 17.3 Å². The van der Waals surface area contributed by atoms with Gasteiger partial charge in [0, 0.05) is 34.8 Å². The molecule has 10 rings (SSSR count). The number of nitrogens with zero attached hydrogens (tertiary/aromatic N) is 2. The number of imidazole rings is 1. The normalized spacial score (nSPS) is 30.6. The SMILES string of the molecule is C[C@H](/C=C/[C@H](C)C(C)(C)O)[C@H]1CC[C@H]2/C(=C/C=C3C[C@@H](O)C[C@H](O)C3)CCC[C@]12C.C[C@H](/C=C/[C@H](C)C(C)(C)O)[C@H]1CC[C@H]2/C(=C/C=C3C[C@@H](O)C[C@H](O)C3)CCC[C@]12C.Clc1ccccc1C(c1ccccc1)(c1ccccc1)n1ccnc1. The van der Waals surface area contributed by atoms with Gasteiger partial charge < -0.3 is 35.2 Å². The minimum Gasteiger partial charge on any atom is -0.393 e. The number of allylic oxidation sites excluding steroid dienone is 8. The van der Waals surface area contributed by atoms with Crippen LogP contribution in [0.2, 0.25) is 5.02 Å². The summed E-state index contributed by atoms with van der Waals surface area (Å²) < 4.78 is 2.12. The predicted octanol–water partition coefficient (Wildman–Crippen LogP) is 16.5. The smallest absolute Gasteiger partial charge is 0.123 e. The molecule has 1 aromatic heterocycles. The first kappa shape index (κ1) is 66.3. The van der Waals surface area contributed by atoms with Crippen LogP contribution < -0.4 is 0 Å². The fourth-order valence-electron chi connectivity index (χ4n) is 16.3. The van der Waals surface area contributed by atoms with Crippen molar-refractivity contribution in [2.75, 3.05) is 0 Å². The van der Waals surface area contributed by atoms with Gasteiger partial charge in [0.1, 0.15) is 5.54 Å². The molecule has 0 radical (unpaired) electrons. The van der Waals surface area contributed by atoms with Crippen LogP contribution in [0.1, 0.15) is 189 Å². The van der Waals surface area contributed by atoms with E-state index in [2.05, 4.69) is 154 Å². The molecule has 0 amide bonds. The Morgan fingerprint density at radius 1 is 0.553 bits per heavy atom. The second-order valence-corrected chi connectivity index (χ2v) is 28.9. The zero-order valence-corrected chi connectivity index (χ0v) is 53.9. The molecule has 8 nitrogen and oxygen atoms in total. The van der Waals surface area contributed by atoms with Crippen LogP contribution in [0.3, 0.4) is 0 Å². The number of fused-ring (bicyclic) bond motifs is 2. The molecule has 0 unspecified atom stereocenters. The number of hydrogen-bond donors (Lipinski definition) is 6. The lowest BCUT2D eigenvalue weighted by Crippen LogP contribution is -2.37. The van der Waals surface area contributed by atoms with Gasteiger partial charge >= 0.3 is 0 Å². The molecule has 3 aromatic carbocycles. The van der Waals surface area contributed by atoms with E-state index in [-0.39, 0.29) is 11.8 Å². The molecule has 462 valence electrons. The zero-order valence-electron chi connectivity index (χ0n) is 53.1. The van der Waals surface area contributed by atoms with E-state index >= 15 is 0 Å². The molecule has 6 aliphatic carbocycles. The first-order valence-corrected chi connectivity index (χ1v) is 32.9. The first-order valence-electron chi connectivity index (χ1n) is 32.5. The molecule has 4 aromatic rings. The number of benzene rings is 3. The number of halogens is 1. The van der Waals surface area contributed by atoms with Gasteiger partial charge in [0.05, 0.1) is 41.9 Å². The minimum absolute atomic E-state index is 0.152. The van der Waals surface area contributed by atoms with Crippen LogP contribution in [0.25, 0.3) is 0 Å². The molecule has 9 heteroatoms. The van der Waals surface area contributed by atoms with Gasteiger partial charge in [-0.2, -0.15) is 0 Å². The largest absolute Gasteiger partial charge is 0.393 e. The Balaban J connectivity index is 0.000000167. The molecular formula is C76H105ClN2O6. The van der Waals surface area contributed by atoms with E-state index in [0.717, 1.165) is 21.7 Å². The summed E-state index contributed by atoms with van der Waals surface area (Å²) in [6, 6.07) is 28.8. The fraction of sp³-hybridized carbons (Fsp3) is 0.566. The van der Waals surface area contributed by atoms with Crippen LogP contribution in [0, 0.1) is 58.2 Å². The number of hydrogen-bond acceptors (Lipinski definition) is 7. The van der Waals surface area contributed by atoms with Crippen molar-refractivity contribution in [3.8, 4) is 0 Å². The highest BCUT2D eigenvalue weighted by Crippen LogP contribution is 2.61. The van der Waals surface area contributed by atoms with E-state index < -0.39 is 41.2 Å². The van der Waals surface area contributed by atoms with Gasteiger partial charge in [-0.25, -0.2) is 4.98 Å². The van der Waals surface area contributed by atoms with E-state index in [1.165, 1.54) is 75.4 Å². The molecule has 0 spiro atoms. The number of aliphatic hydroxyl groups is 6.